The van der Waals surface area contributed by atoms with Crippen LogP contribution < -0.4 is 5.56 Å². The maximum absolute atomic E-state index is 11.8. The molecule has 0 aromatic carbocycles. The van der Waals surface area contributed by atoms with Gasteiger partial charge < -0.3 is 8.98 Å². The zero-order valence-corrected chi connectivity index (χ0v) is 8.19. The van der Waals surface area contributed by atoms with E-state index in [-0.39, 0.29) is 5.56 Å². The molecule has 0 amide bonds. The minimum Gasteiger partial charge on any atom is -0.471 e. The molecule has 2 aromatic rings. The van der Waals surface area contributed by atoms with E-state index in [0.29, 0.717) is 5.39 Å². The molecular formula is C11H13NO2. The normalized spacial score (nSPS) is 10.9. The molecule has 0 aliphatic heterocycles. The molecule has 0 spiro atoms. The monoisotopic (exact) mass is 191 g/mol. The van der Waals surface area contributed by atoms with Crippen molar-refractivity contribution in [3.8, 4) is 0 Å². The van der Waals surface area contributed by atoms with Crippen LogP contribution >= 0.6 is 0 Å². The molecule has 0 N–H and O–H groups in total. The highest BCUT2D eigenvalue weighted by atomic mass is 16.3. The predicted octanol–water partition coefficient (Wildman–Crippen LogP) is 2.39. The van der Waals surface area contributed by atoms with Crippen molar-refractivity contribution in [2.24, 2.45) is 0 Å². The van der Waals surface area contributed by atoms with Crippen molar-refractivity contribution in [2.45, 2.75) is 26.3 Å². The van der Waals surface area contributed by atoms with Gasteiger partial charge in [0, 0.05) is 18.1 Å². The lowest BCUT2D eigenvalue weighted by Crippen LogP contribution is -2.18. The first-order valence-electron chi connectivity index (χ1n) is 4.88. The number of hydrogen-bond acceptors (Lipinski definition) is 2. The zero-order valence-electron chi connectivity index (χ0n) is 8.19. The van der Waals surface area contributed by atoms with Crippen molar-refractivity contribution >= 4 is 10.8 Å². The van der Waals surface area contributed by atoms with Gasteiger partial charge in [0.1, 0.15) is 6.26 Å². The SMILES string of the molecule is CCCCn1ccc2cocc2c1=O. The third kappa shape index (κ3) is 1.45. The number of furan rings is 1. The largest absolute Gasteiger partial charge is 0.471 e. The molecule has 14 heavy (non-hydrogen) atoms. The first-order valence-corrected chi connectivity index (χ1v) is 4.88. The first-order chi connectivity index (χ1) is 6.83. The van der Waals surface area contributed by atoms with Crippen molar-refractivity contribution < 1.29 is 4.42 Å². The van der Waals surface area contributed by atoms with Gasteiger partial charge in [0.2, 0.25) is 0 Å². The Kier molecular flexibility index (Phi) is 2.39. The van der Waals surface area contributed by atoms with Crippen LogP contribution in [0.4, 0.5) is 0 Å². The molecular weight excluding hydrogens is 178 g/mol. The van der Waals surface area contributed by atoms with Crippen molar-refractivity contribution in [2.75, 3.05) is 0 Å². The molecule has 74 valence electrons. The lowest BCUT2D eigenvalue weighted by Gasteiger charge is -2.03. The summed E-state index contributed by atoms with van der Waals surface area (Å²) in [6.45, 7) is 2.90. The van der Waals surface area contributed by atoms with E-state index in [1.54, 1.807) is 10.8 Å². The molecule has 2 heterocycles. The Labute approximate surface area is 82.0 Å². The van der Waals surface area contributed by atoms with E-state index in [9.17, 15) is 4.79 Å². The fraction of sp³-hybridized carbons (Fsp3) is 0.364. The third-order valence-corrected chi connectivity index (χ3v) is 2.37. The summed E-state index contributed by atoms with van der Waals surface area (Å²) in [6.07, 6.45) is 7.07. The number of rotatable bonds is 3. The number of unbranched alkanes of at least 4 members (excludes halogenated alkanes) is 1. The summed E-state index contributed by atoms with van der Waals surface area (Å²) in [5.74, 6) is 0. The van der Waals surface area contributed by atoms with Gasteiger partial charge in [0.15, 0.2) is 0 Å². The maximum atomic E-state index is 11.8. The Morgan fingerprint density at radius 1 is 1.43 bits per heavy atom. The Morgan fingerprint density at radius 3 is 3.07 bits per heavy atom. The summed E-state index contributed by atoms with van der Waals surface area (Å²) in [6, 6.07) is 1.91. The summed E-state index contributed by atoms with van der Waals surface area (Å²) < 4.78 is 6.73. The molecule has 0 unspecified atom stereocenters. The lowest BCUT2D eigenvalue weighted by molar-refractivity contribution is 0.571. The molecule has 0 radical (unpaired) electrons. The summed E-state index contributed by atoms with van der Waals surface area (Å²) in [5, 5.41) is 1.55. The molecule has 0 saturated carbocycles. The van der Waals surface area contributed by atoms with Crippen molar-refractivity contribution in [1.29, 1.82) is 0 Å². The number of nitrogens with zero attached hydrogens (tertiary/aromatic N) is 1. The highest BCUT2D eigenvalue weighted by molar-refractivity contribution is 5.79. The van der Waals surface area contributed by atoms with E-state index in [1.165, 1.54) is 6.26 Å². The number of aromatic nitrogens is 1. The van der Waals surface area contributed by atoms with Gasteiger partial charge >= 0.3 is 0 Å². The van der Waals surface area contributed by atoms with Crippen LogP contribution in [0.5, 0.6) is 0 Å². The highest BCUT2D eigenvalue weighted by Gasteiger charge is 2.03. The number of fused-ring (bicyclic) bond motifs is 1. The van der Waals surface area contributed by atoms with Crippen LogP contribution in [0.3, 0.4) is 0 Å². The minimum atomic E-state index is 0.0460. The molecule has 2 aromatic heterocycles. The lowest BCUT2D eigenvalue weighted by atomic mass is 10.2. The standard InChI is InChI=1S/C11H13NO2/c1-2-3-5-12-6-4-9-7-14-8-10(9)11(12)13/h4,6-8H,2-3,5H2,1H3. The average Bonchev–Trinajstić information content (AvgIpc) is 2.66. The van der Waals surface area contributed by atoms with Crippen LogP contribution in [0.1, 0.15) is 19.8 Å². The number of aryl methyl sites for hydroxylation is 1. The van der Waals surface area contributed by atoms with Crippen LogP contribution in [-0.2, 0) is 6.54 Å². The smallest absolute Gasteiger partial charge is 0.261 e. The second kappa shape index (κ2) is 3.70. The molecule has 0 fully saturated rings. The molecule has 0 bridgehead atoms. The molecule has 3 nitrogen and oxygen atoms in total. The van der Waals surface area contributed by atoms with E-state index in [1.807, 2.05) is 12.3 Å². The van der Waals surface area contributed by atoms with E-state index in [4.69, 9.17) is 4.42 Å². The molecule has 0 aliphatic carbocycles. The van der Waals surface area contributed by atoms with Gasteiger partial charge in [-0.1, -0.05) is 13.3 Å². The quantitative estimate of drug-likeness (QED) is 0.746. The van der Waals surface area contributed by atoms with E-state index >= 15 is 0 Å². The van der Waals surface area contributed by atoms with Crippen LogP contribution in [0, 0.1) is 0 Å². The third-order valence-electron chi connectivity index (χ3n) is 2.37. The molecule has 2 rings (SSSR count). The maximum Gasteiger partial charge on any atom is 0.261 e. The van der Waals surface area contributed by atoms with Crippen LogP contribution in [0.15, 0.2) is 34.0 Å². The van der Waals surface area contributed by atoms with Crippen molar-refractivity contribution in [1.82, 2.24) is 4.57 Å². The molecule has 0 aliphatic rings. The first kappa shape index (κ1) is 9.06. The molecule has 0 atom stereocenters. The van der Waals surface area contributed by atoms with Crippen LogP contribution in [-0.4, -0.2) is 4.57 Å². The van der Waals surface area contributed by atoms with Gasteiger partial charge in [0.25, 0.3) is 5.56 Å². The van der Waals surface area contributed by atoms with Crippen molar-refractivity contribution in [3.05, 3.63) is 35.1 Å². The Bertz CT molecular complexity index is 481. The van der Waals surface area contributed by atoms with Gasteiger partial charge in [-0.05, 0) is 12.5 Å². The summed E-state index contributed by atoms with van der Waals surface area (Å²) in [7, 11) is 0. The Balaban J connectivity index is 2.46. The second-order valence-electron chi connectivity index (χ2n) is 3.41. The zero-order chi connectivity index (χ0) is 9.97. The van der Waals surface area contributed by atoms with Gasteiger partial charge in [-0.25, -0.2) is 0 Å². The fourth-order valence-electron chi connectivity index (χ4n) is 1.51. The Morgan fingerprint density at radius 2 is 2.29 bits per heavy atom. The summed E-state index contributed by atoms with van der Waals surface area (Å²) in [5.41, 5.74) is 0.0460. The molecule has 0 saturated heterocycles. The van der Waals surface area contributed by atoms with E-state index in [2.05, 4.69) is 6.92 Å². The van der Waals surface area contributed by atoms with Gasteiger partial charge in [-0.3, -0.25) is 4.79 Å². The van der Waals surface area contributed by atoms with Crippen molar-refractivity contribution in [3.63, 3.8) is 0 Å². The van der Waals surface area contributed by atoms with E-state index < -0.39 is 0 Å². The molecule has 3 heteroatoms. The average molecular weight is 191 g/mol. The predicted molar refractivity (Wildman–Crippen MR) is 55.4 cm³/mol. The number of hydrogen-bond donors (Lipinski definition) is 0. The second-order valence-corrected chi connectivity index (χ2v) is 3.41. The summed E-state index contributed by atoms with van der Waals surface area (Å²) >= 11 is 0. The van der Waals surface area contributed by atoms with Gasteiger partial charge in [0.05, 0.1) is 11.6 Å². The van der Waals surface area contributed by atoms with Gasteiger partial charge in [-0.15, -0.1) is 0 Å². The number of pyridine rings is 1. The fourth-order valence-corrected chi connectivity index (χ4v) is 1.51. The van der Waals surface area contributed by atoms with Crippen LogP contribution in [0.2, 0.25) is 0 Å². The Hall–Kier alpha value is -1.51. The van der Waals surface area contributed by atoms with Crippen LogP contribution in [0.25, 0.3) is 10.8 Å². The van der Waals surface area contributed by atoms with E-state index in [0.717, 1.165) is 24.8 Å². The summed E-state index contributed by atoms with van der Waals surface area (Å²) in [4.78, 5) is 11.8. The van der Waals surface area contributed by atoms with Gasteiger partial charge in [-0.2, -0.15) is 0 Å². The topological polar surface area (TPSA) is 35.1 Å². The highest BCUT2D eigenvalue weighted by Crippen LogP contribution is 2.09. The minimum absolute atomic E-state index is 0.0460.